The van der Waals surface area contributed by atoms with Crippen LogP contribution in [0.3, 0.4) is 0 Å². The molecule has 136 valence electrons. The first-order chi connectivity index (χ1) is 13.8. The van der Waals surface area contributed by atoms with E-state index in [1.165, 1.54) is 12.1 Å². The van der Waals surface area contributed by atoms with Gasteiger partial charge in [-0.2, -0.15) is 0 Å². The van der Waals surface area contributed by atoms with E-state index in [-0.39, 0.29) is 11.5 Å². The molecule has 26 heavy (non-hydrogen) atoms. The number of hydrogen-bond acceptors (Lipinski definition) is 6. The largest absolute Gasteiger partial charge is 0.507 e. The van der Waals surface area contributed by atoms with Gasteiger partial charge in [-0.1, -0.05) is 0 Å². The fourth-order valence-corrected chi connectivity index (χ4v) is 3.49. The highest BCUT2D eigenvalue weighted by Gasteiger charge is 2.20. The second kappa shape index (κ2) is 6.84. The van der Waals surface area contributed by atoms with Crippen molar-refractivity contribution in [3.8, 4) is 22.8 Å². The first-order valence-corrected chi connectivity index (χ1v) is 8.61. The summed E-state index contributed by atoms with van der Waals surface area (Å²) in [7, 11) is -0.473. The highest BCUT2D eigenvalue weighted by molar-refractivity contribution is 5.81. The number of nitrogens with zero attached hydrogens (tertiary/aromatic N) is 4. The third-order valence-corrected chi connectivity index (χ3v) is 4.76. The number of phenolic OH excluding ortho intramolecular Hbond substituents is 1. The second-order valence-electron chi connectivity index (χ2n) is 6.66. The Bertz CT molecular complexity index is 1020. The number of hydrogen-bond donors (Lipinski definition) is 2. The normalized spacial score (nSPS) is 20.3. The summed E-state index contributed by atoms with van der Waals surface area (Å²) in [6.45, 7) is 2.04. The van der Waals surface area contributed by atoms with Crippen LogP contribution in [-0.2, 0) is 0 Å². The minimum atomic E-state index is -2.58. The van der Waals surface area contributed by atoms with Crippen LogP contribution in [0.5, 0.6) is 11.5 Å². The molecule has 0 radical (unpaired) electrons. The van der Waals surface area contributed by atoms with Crippen LogP contribution in [0.4, 0.5) is 5.95 Å². The second-order valence-corrected chi connectivity index (χ2v) is 6.66. The highest BCUT2D eigenvalue weighted by Crippen LogP contribution is 2.34. The number of methoxy groups -OCH3 is 1. The molecule has 1 saturated heterocycles. The van der Waals surface area contributed by atoms with Crippen molar-refractivity contribution in [1.29, 1.82) is 0 Å². The molecule has 0 unspecified atom stereocenters. The number of nitrogens with one attached hydrogen (secondary N) is 1. The number of anilines is 1. The van der Waals surface area contributed by atoms with Crippen molar-refractivity contribution < 1.29 is 14.0 Å². The molecule has 0 amide bonds. The number of benzene rings is 1. The molecule has 0 aliphatic carbocycles. The molecular weight excluding hydrogens is 330 g/mol. The molecule has 7 heteroatoms. The minimum Gasteiger partial charge on any atom is -0.507 e. The number of ether oxygens (including phenoxy) is 1. The summed E-state index contributed by atoms with van der Waals surface area (Å²) in [6.07, 6.45) is 4.10. The predicted molar refractivity (Wildman–Crippen MR) is 101 cm³/mol. The zero-order valence-corrected chi connectivity index (χ0v) is 14.5. The van der Waals surface area contributed by atoms with E-state index in [1.807, 2.05) is 22.7 Å². The molecule has 1 atom stereocenters. The van der Waals surface area contributed by atoms with E-state index >= 15 is 0 Å². The van der Waals surface area contributed by atoms with Gasteiger partial charge in [0, 0.05) is 30.4 Å². The average molecular weight is 356 g/mol. The van der Waals surface area contributed by atoms with E-state index in [0.717, 1.165) is 31.4 Å². The zero-order chi connectivity index (χ0) is 20.6. The zero-order valence-electron chi connectivity index (χ0n) is 17.5. The molecule has 0 spiro atoms. The van der Waals surface area contributed by atoms with E-state index in [0.29, 0.717) is 23.2 Å². The monoisotopic (exact) mass is 356 g/mol. The fourth-order valence-electron chi connectivity index (χ4n) is 3.49. The third-order valence-electron chi connectivity index (χ3n) is 4.76. The molecule has 2 aromatic heterocycles. The van der Waals surface area contributed by atoms with E-state index in [1.54, 1.807) is 6.07 Å². The van der Waals surface area contributed by atoms with E-state index in [2.05, 4.69) is 27.5 Å². The molecular formula is C19H23N5O2. The van der Waals surface area contributed by atoms with Gasteiger partial charge in [0.05, 0.1) is 16.7 Å². The standard InChI is InChI=1S/C19H23N5O2/c1-23-9-3-5-13(12-23)20-19-22-21-18(16-6-4-10-24(16)19)15-8-7-14(26-2)11-17(15)25/h4,6-8,10-11,13,25H,3,5,9,12H2,1-2H3,(H,20,22)/t13-/m1/s1/i2D3. The van der Waals surface area contributed by atoms with Crippen LogP contribution in [0.1, 0.15) is 17.0 Å². The number of rotatable bonds is 4. The third kappa shape index (κ3) is 3.06. The molecule has 0 bridgehead atoms. The van der Waals surface area contributed by atoms with Crippen molar-refractivity contribution in [2.24, 2.45) is 0 Å². The lowest BCUT2D eigenvalue weighted by Crippen LogP contribution is -2.40. The number of likely N-dealkylation sites (N-methyl/N-ethyl adjacent to an activating group) is 1. The van der Waals surface area contributed by atoms with Crippen molar-refractivity contribution in [3.63, 3.8) is 0 Å². The highest BCUT2D eigenvalue weighted by atomic mass is 16.5. The summed E-state index contributed by atoms with van der Waals surface area (Å²) >= 11 is 0. The number of phenols is 1. The van der Waals surface area contributed by atoms with Gasteiger partial charge in [0.2, 0.25) is 5.95 Å². The predicted octanol–water partition coefficient (Wildman–Crippen LogP) is 2.62. The Labute approximate surface area is 156 Å². The number of piperidine rings is 1. The van der Waals surface area contributed by atoms with E-state index < -0.39 is 7.04 Å². The lowest BCUT2D eigenvalue weighted by atomic mass is 10.1. The molecule has 7 nitrogen and oxygen atoms in total. The summed E-state index contributed by atoms with van der Waals surface area (Å²) in [5.74, 6) is 0.583. The summed E-state index contributed by atoms with van der Waals surface area (Å²) in [6, 6.07) is 8.43. The van der Waals surface area contributed by atoms with Gasteiger partial charge in [-0.15, -0.1) is 10.2 Å². The number of aromatic hydroxyl groups is 1. The van der Waals surface area contributed by atoms with E-state index in [4.69, 9.17) is 8.85 Å². The fraction of sp³-hybridized carbons (Fsp3) is 0.368. The maximum absolute atomic E-state index is 10.4. The average Bonchev–Trinajstić information content (AvgIpc) is 3.12. The Hall–Kier alpha value is -2.80. The number of fused-ring (bicyclic) bond motifs is 1. The van der Waals surface area contributed by atoms with Crippen LogP contribution in [0.25, 0.3) is 16.8 Å². The molecule has 1 aliphatic heterocycles. The van der Waals surface area contributed by atoms with Crippen LogP contribution in [0.2, 0.25) is 0 Å². The van der Waals surface area contributed by atoms with Gasteiger partial charge in [0.1, 0.15) is 17.2 Å². The van der Waals surface area contributed by atoms with Crippen LogP contribution < -0.4 is 10.1 Å². The maximum Gasteiger partial charge on any atom is 0.228 e. The van der Waals surface area contributed by atoms with Gasteiger partial charge in [-0.05, 0) is 50.7 Å². The van der Waals surface area contributed by atoms with Crippen LogP contribution >= 0.6 is 0 Å². The lowest BCUT2D eigenvalue weighted by Gasteiger charge is -2.30. The van der Waals surface area contributed by atoms with Gasteiger partial charge >= 0.3 is 0 Å². The van der Waals surface area contributed by atoms with Crippen LogP contribution in [0.15, 0.2) is 36.5 Å². The summed E-state index contributed by atoms with van der Waals surface area (Å²) in [4.78, 5) is 2.29. The van der Waals surface area contributed by atoms with Crippen molar-refractivity contribution in [2.75, 3.05) is 32.5 Å². The Morgan fingerprint density at radius 3 is 3.08 bits per heavy atom. The Kier molecular flexibility index (Phi) is 3.53. The Balaban J connectivity index is 1.65. The number of likely N-dealkylation sites (tertiary alicyclic amines) is 1. The molecule has 0 saturated carbocycles. The molecule has 1 aromatic carbocycles. The smallest absolute Gasteiger partial charge is 0.228 e. The first-order valence-electron chi connectivity index (χ1n) is 10.1. The Morgan fingerprint density at radius 2 is 2.27 bits per heavy atom. The van der Waals surface area contributed by atoms with Gasteiger partial charge < -0.3 is 20.1 Å². The Morgan fingerprint density at radius 1 is 1.35 bits per heavy atom. The van der Waals surface area contributed by atoms with Crippen LogP contribution in [-0.4, -0.2) is 57.8 Å². The van der Waals surface area contributed by atoms with Gasteiger partial charge in [-0.25, -0.2) is 0 Å². The quantitative estimate of drug-likeness (QED) is 0.748. The van der Waals surface area contributed by atoms with Gasteiger partial charge in [0.15, 0.2) is 0 Å². The van der Waals surface area contributed by atoms with Crippen molar-refractivity contribution in [1.82, 2.24) is 19.5 Å². The van der Waals surface area contributed by atoms with Crippen molar-refractivity contribution in [2.45, 2.75) is 18.9 Å². The molecule has 3 heterocycles. The van der Waals surface area contributed by atoms with Crippen molar-refractivity contribution in [3.05, 3.63) is 36.5 Å². The molecule has 1 aliphatic rings. The molecule has 4 rings (SSSR count). The first kappa shape index (κ1) is 13.4. The topological polar surface area (TPSA) is 74.9 Å². The van der Waals surface area contributed by atoms with Gasteiger partial charge in [-0.3, -0.25) is 4.40 Å². The van der Waals surface area contributed by atoms with E-state index in [9.17, 15) is 5.11 Å². The summed E-state index contributed by atoms with van der Waals surface area (Å²) < 4.78 is 28.3. The summed E-state index contributed by atoms with van der Waals surface area (Å²) in [5, 5.41) is 22.6. The minimum absolute atomic E-state index is 0.0605. The van der Waals surface area contributed by atoms with Crippen molar-refractivity contribution >= 4 is 11.5 Å². The summed E-state index contributed by atoms with van der Waals surface area (Å²) in [5.41, 5.74) is 1.73. The maximum atomic E-state index is 10.4. The van der Waals surface area contributed by atoms with Gasteiger partial charge in [0.25, 0.3) is 0 Å². The molecule has 2 N–H and O–H groups in total. The lowest BCUT2D eigenvalue weighted by molar-refractivity contribution is 0.260. The van der Waals surface area contributed by atoms with Crippen LogP contribution in [0, 0.1) is 0 Å². The molecule has 1 fully saturated rings. The molecule has 3 aromatic rings. The SMILES string of the molecule is [2H]C([2H])([2H])Oc1ccc(-c2nnc(N[C@@H]3CCCN(C)C3)n3cccc23)c(O)c1. The number of aromatic nitrogens is 3.